The van der Waals surface area contributed by atoms with Gasteiger partial charge in [-0.1, -0.05) is 35.3 Å². The highest BCUT2D eigenvalue weighted by molar-refractivity contribution is 7.99. The number of nitrogens with one attached hydrogen (secondary N) is 1. The quantitative estimate of drug-likeness (QED) is 0.612. The van der Waals surface area contributed by atoms with Crippen LogP contribution in [0.25, 0.3) is 0 Å². The summed E-state index contributed by atoms with van der Waals surface area (Å²) < 4.78 is 0. The van der Waals surface area contributed by atoms with Gasteiger partial charge in [0.2, 0.25) is 5.91 Å². The van der Waals surface area contributed by atoms with E-state index >= 15 is 0 Å². The molecular formula is C15H14Cl2N2OS. The van der Waals surface area contributed by atoms with Crippen molar-refractivity contribution >= 4 is 52.2 Å². The van der Waals surface area contributed by atoms with Crippen LogP contribution in [0.3, 0.4) is 0 Å². The zero-order valence-corrected chi connectivity index (χ0v) is 13.4. The Kier molecular flexibility index (Phi) is 5.79. The van der Waals surface area contributed by atoms with Gasteiger partial charge in [0.1, 0.15) is 0 Å². The summed E-state index contributed by atoms with van der Waals surface area (Å²) in [7, 11) is 0. The van der Waals surface area contributed by atoms with E-state index in [9.17, 15) is 4.79 Å². The molecule has 0 saturated carbocycles. The van der Waals surface area contributed by atoms with Gasteiger partial charge in [0, 0.05) is 22.1 Å². The smallest absolute Gasteiger partial charge is 0.225 e. The van der Waals surface area contributed by atoms with Crippen molar-refractivity contribution in [3.8, 4) is 0 Å². The minimum Gasteiger partial charge on any atom is -0.397 e. The van der Waals surface area contributed by atoms with Gasteiger partial charge < -0.3 is 11.1 Å². The van der Waals surface area contributed by atoms with Crippen LogP contribution in [0.2, 0.25) is 10.0 Å². The third kappa shape index (κ3) is 4.84. The highest BCUT2D eigenvalue weighted by atomic mass is 35.5. The standard InChI is InChI=1S/C15H14Cl2N2OS/c16-10-5-6-13(12(18)9-10)19-15(20)7-8-21-14-4-2-1-3-11(14)17/h1-6,9H,7-8,18H2,(H,19,20). The van der Waals surface area contributed by atoms with E-state index in [4.69, 9.17) is 28.9 Å². The predicted molar refractivity (Wildman–Crippen MR) is 91.3 cm³/mol. The molecule has 3 nitrogen and oxygen atoms in total. The van der Waals surface area contributed by atoms with E-state index in [1.54, 1.807) is 30.0 Å². The fraction of sp³-hybridized carbons (Fsp3) is 0.133. The monoisotopic (exact) mass is 340 g/mol. The summed E-state index contributed by atoms with van der Waals surface area (Å²) in [5, 5.41) is 4.01. The fourth-order valence-corrected chi connectivity index (χ4v) is 3.04. The Morgan fingerprint density at radius 2 is 1.95 bits per heavy atom. The van der Waals surface area contributed by atoms with Crippen molar-refractivity contribution in [2.75, 3.05) is 16.8 Å². The summed E-state index contributed by atoms with van der Waals surface area (Å²) >= 11 is 13.4. The number of anilines is 2. The molecule has 0 radical (unpaired) electrons. The lowest BCUT2D eigenvalue weighted by atomic mass is 10.2. The maximum atomic E-state index is 11.9. The van der Waals surface area contributed by atoms with Gasteiger partial charge in [0.05, 0.1) is 16.4 Å². The lowest BCUT2D eigenvalue weighted by molar-refractivity contribution is -0.115. The van der Waals surface area contributed by atoms with Crippen molar-refractivity contribution < 1.29 is 4.79 Å². The van der Waals surface area contributed by atoms with Gasteiger partial charge in [-0.25, -0.2) is 0 Å². The van der Waals surface area contributed by atoms with Gasteiger partial charge in [-0.2, -0.15) is 0 Å². The second kappa shape index (κ2) is 7.59. The topological polar surface area (TPSA) is 55.1 Å². The van der Waals surface area contributed by atoms with E-state index in [1.807, 2.05) is 24.3 Å². The van der Waals surface area contributed by atoms with Crippen LogP contribution in [0.1, 0.15) is 6.42 Å². The number of thioether (sulfide) groups is 1. The van der Waals surface area contributed by atoms with Crippen molar-refractivity contribution in [1.82, 2.24) is 0 Å². The number of benzene rings is 2. The van der Waals surface area contributed by atoms with Crippen molar-refractivity contribution in [3.63, 3.8) is 0 Å². The van der Waals surface area contributed by atoms with Crippen LogP contribution < -0.4 is 11.1 Å². The molecule has 0 aliphatic carbocycles. The molecule has 0 spiro atoms. The van der Waals surface area contributed by atoms with E-state index in [1.165, 1.54) is 0 Å². The molecule has 2 aromatic carbocycles. The van der Waals surface area contributed by atoms with Crippen LogP contribution in [0.4, 0.5) is 11.4 Å². The molecule has 0 aliphatic heterocycles. The van der Waals surface area contributed by atoms with E-state index in [0.29, 0.717) is 33.6 Å². The zero-order chi connectivity index (χ0) is 15.2. The van der Waals surface area contributed by atoms with Gasteiger partial charge >= 0.3 is 0 Å². The van der Waals surface area contributed by atoms with Crippen LogP contribution in [-0.2, 0) is 4.79 Å². The number of hydrogen-bond donors (Lipinski definition) is 2. The van der Waals surface area contributed by atoms with Gasteiger partial charge in [0.25, 0.3) is 0 Å². The minimum absolute atomic E-state index is 0.0939. The van der Waals surface area contributed by atoms with E-state index in [-0.39, 0.29) is 5.91 Å². The van der Waals surface area contributed by atoms with Crippen LogP contribution in [0.5, 0.6) is 0 Å². The SMILES string of the molecule is Nc1cc(Cl)ccc1NC(=O)CCSc1ccccc1Cl. The molecule has 0 saturated heterocycles. The lowest BCUT2D eigenvalue weighted by Crippen LogP contribution is -2.13. The Bertz CT molecular complexity index is 649. The third-order valence-electron chi connectivity index (χ3n) is 2.71. The molecular weight excluding hydrogens is 327 g/mol. The van der Waals surface area contributed by atoms with Gasteiger partial charge in [0.15, 0.2) is 0 Å². The van der Waals surface area contributed by atoms with Crippen molar-refractivity contribution in [1.29, 1.82) is 0 Å². The highest BCUT2D eigenvalue weighted by Gasteiger charge is 2.07. The van der Waals surface area contributed by atoms with E-state index in [2.05, 4.69) is 5.32 Å². The first-order chi connectivity index (χ1) is 10.1. The van der Waals surface area contributed by atoms with Crippen LogP contribution in [0.15, 0.2) is 47.4 Å². The van der Waals surface area contributed by atoms with Gasteiger partial charge in [-0.05, 0) is 30.3 Å². The third-order valence-corrected chi connectivity index (χ3v) is 4.46. The van der Waals surface area contributed by atoms with Crippen molar-refractivity contribution in [2.45, 2.75) is 11.3 Å². The molecule has 6 heteroatoms. The first-order valence-electron chi connectivity index (χ1n) is 6.28. The molecule has 21 heavy (non-hydrogen) atoms. The minimum atomic E-state index is -0.0939. The first kappa shape index (κ1) is 16.0. The average Bonchev–Trinajstić information content (AvgIpc) is 2.44. The number of nitrogens with two attached hydrogens (primary N) is 1. The average molecular weight is 341 g/mol. The number of carbonyl (C=O) groups excluding carboxylic acids is 1. The van der Waals surface area contributed by atoms with Crippen LogP contribution in [-0.4, -0.2) is 11.7 Å². The summed E-state index contributed by atoms with van der Waals surface area (Å²) in [5.74, 6) is 0.548. The Hall–Kier alpha value is -1.36. The molecule has 0 unspecified atom stereocenters. The zero-order valence-electron chi connectivity index (χ0n) is 11.1. The maximum Gasteiger partial charge on any atom is 0.225 e. The lowest BCUT2D eigenvalue weighted by Gasteiger charge is -2.08. The summed E-state index contributed by atoms with van der Waals surface area (Å²) in [6.45, 7) is 0. The largest absolute Gasteiger partial charge is 0.397 e. The number of amides is 1. The number of halogens is 2. The van der Waals surface area contributed by atoms with E-state index in [0.717, 1.165) is 4.90 Å². The summed E-state index contributed by atoms with van der Waals surface area (Å²) in [6, 6.07) is 12.5. The molecule has 110 valence electrons. The van der Waals surface area contributed by atoms with Crippen molar-refractivity contribution in [2.24, 2.45) is 0 Å². The van der Waals surface area contributed by atoms with Gasteiger partial charge in [-0.15, -0.1) is 11.8 Å². The Balaban J connectivity index is 1.84. The molecule has 0 bridgehead atoms. The summed E-state index contributed by atoms with van der Waals surface area (Å²) in [6.07, 6.45) is 0.373. The summed E-state index contributed by atoms with van der Waals surface area (Å²) in [5.41, 5.74) is 6.82. The first-order valence-corrected chi connectivity index (χ1v) is 8.02. The number of nitrogen functional groups attached to an aromatic ring is 1. The number of hydrogen-bond acceptors (Lipinski definition) is 3. The molecule has 2 rings (SSSR count). The molecule has 0 aromatic heterocycles. The van der Waals surface area contributed by atoms with E-state index < -0.39 is 0 Å². The molecule has 2 aromatic rings. The number of carbonyl (C=O) groups is 1. The van der Waals surface area contributed by atoms with Crippen LogP contribution >= 0.6 is 35.0 Å². The normalized spacial score (nSPS) is 10.4. The molecule has 0 fully saturated rings. The molecule has 0 aliphatic rings. The number of rotatable bonds is 5. The van der Waals surface area contributed by atoms with Crippen LogP contribution in [0, 0.1) is 0 Å². The Labute approximate surface area is 137 Å². The molecule has 1 amide bonds. The second-order valence-corrected chi connectivity index (χ2v) is 6.29. The Morgan fingerprint density at radius 1 is 1.19 bits per heavy atom. The Morgan fingerprint density at radius 3 is 2.67 bits per heavy atom. The highest BCUT2D eigenvalue weighted by Crippen LogP contribution is 2.27. The summed E-state index contributed by atoms with van der Waals surface area (Å²) in [4.78, 5) is 12.8. The fourth-order valence-electron chi connectivity index (χ4n) is 1.68. The second-order valence-electron chi connectivity index (χ2n) is 4.31. The van der Waals surface area contributed by atoms with Gasteiger partial charge in [-0.3, -0.25) is 4.79 Å². The predicted octanol–water partition coefficient (Wildman–Crippen LogP) is 4.70. The molecule has 0 heterocycles. The van der Waals surface area contributed by atoms with Crippen molar-refractivity contribution in [3.05, 3.63) is 52.5 Å². The molecule has 3 N–H and O–H groups in total. The molecule has 0 atom stereocenters. The maximum absolute atomic E-state index is 11.9.